The van der Waals surface area contributed by atoms with Crippen molar-refractivity contribution in [3.63, 3.8) is 0 Å². The molecule has 0 bridgehead atoms. The molecule has 0 aliphatic carbocycles. The van der Waals surface area contributed by atoms with Gasteiger partial charge in [0.15, 0.2) is 0 Å². The molecule has 168 valence electrons. The number of rotatable bonds is 6. The Balaban J connectivity index is 1.59. The largest absolute Gasteiger partial charge is 0.411 e. The van der Waals surface area contributed by atoms with Crippen molar-refractivity contribution >= 4 is 38.3 Å². The third kappa shape index (κ3) is 5.16. The van der Waals surface area contributed by atoms with E-state index in [-0.39, 0.29) is 5.56 Å². The zero-order chi connectivity index (χ0) is 23.4. The van der Waals surface area contributed by atoms with Crippen LogP contribution in [-0.4, -0.2) is 11.4 Å². The van der Waals surface area contributed by atoms with Crippen LogP contribution in [0.4, 0.5) is 8.78 Å². The molecule has 2 aromatic heterocycles. The van der Waals surface area contributed by atoms with Crippen LogP contribution in [0.25, 0.3) is 19.8 Å². The molecule has 0 spiro atoms. The van der Waals surface area contributed by atoms with Crippen LogP contribution in [0.2, 0.25) is 0 Å². The number of aryl methyl sites for hydroxylation is 2. The van der Waals surface area contributed by atoms with Crippen molar-refractivity contribution in [2.24, 2.45) is 5.16 Å². The first-order valence-corrected chi connectivity index (χ1v) is 12.5. The standard InChI is InChI=1S/C27H23F2NOS2/c1-3-5-6-17-7-8-19(18(4-2)11-17)9-10-21-14-26-27(32-21)15-25(33-26)20-12-23(28)22(16-30-31)24(29)13-20/h7-8,11-16,31H,3-6H2,1-2H3/b30-16+. The highest BCUT2D eigenvalue weighted by atomic mass is 32.1. The van der Waals surface area contributed by atoms with E-state index >= 15 is 0 Å². The fraction of sp³-hybridized carbons (Fsp3) is 0.222. The maximum Gasteiger partial charge on any atom is 0.135 e. The molecule has 1 N–H and O–H groups in total. The second-order valence-electron chi connectivity index (χ2n) is 7.75. The zero-order valence-electron chi connectivity index (χ0n) is 18.4. The van der Waals surface area contributed by atoms with Crippen LogP contribution in [0.5, 0.6) is 0 Å². The van der Waals surface area contributed by atoms with Gasteiger partial charge in [0.1, 0.15) is 11.6 Å². The van der Waals surface area contributed by atoms with Gasteiger partial charge in [-0.15, -0.1) is 22.7 Å². The van der Waals surface area contributed by atoms with Crippen molar-refractivity contribution in [1.29, 1.82) is 0 Å². The minimum absolute atomic E-state index is 0.359. The van der Waals surface area contributed by atoms with Crippen molar-refractivity contribution < 1.29 is 14.0 Å². The minimum Gasteiger partial charge on any atom is -0.411 e. The van der Waals surface area contributed by atoms with Crippen LogP contribution in [0.15, 0.2) is 47.6 Å². The molecule has 0 unspecified atom stereocenters. The normalized spacial score (nSPS) is 11.3. The summed E-state index contributed by atoms with van der Waals surface area (Å²) in [5.41, 5.74) is 3.80. The summed E-state index contributed by atoms with van der Waals surface area (Å²) >= 11 is 3.05. The predicted octanol–water partition coefficient (Wildman–Crippen LogP) is 8.02. The molecule has 0 saturated heterocycles. The molecule has 0 aliphatic heterocycles. The van der Waals surface area contributed by atoms with Gasteiger partial charge < -0.3 is 5.21 Å². The Hall–Kier alpha value is -3.01. The fourth-order valence-electron chi connectivity index (χ4n) is 3.67. The van der Waals surface area contributed by atoms with E-state index in [2.05, 4.69) is 49.0 Å². The second kappa shape index (κ2) is 10.3. The third-order valence-electron chi connectivity index (χ3n) is 5.45. The lowest BCUT2D eigenvalue weighted by Gasteiger charge is -2.06. The number of unbranched alkanes of at least 4 members (excludes halogenated alkanes) is 1. The van der Waals surface area contributed by atoms with Gasteiger partial charge in [0.05, 0.1) is 16.7 Å². The molecule has 4 rings (SSSR count). The zero-order valence-corrected chi connectivity index (χ0v) is 20.0. The molecule has 2 aromatic carbocycles. The van der Waals surface area contributed by atoms with Gasteiger partial charge in [-0.05, 0) is 66.3 Å². The molecular weight excluding hydrogens is 456 g/mol. The Morgan fingerprint density at radius 3 is 2.39 bits per heavy atom. The molecule has 33 heavy (non-hydrogen) atoms. The Bertz CT molecular complexity index is 1330. The van der Waals surface area contributed by atoms with Crippen molar-refractivity contribution in [3.05, 3.63) is 81.2 Å². The summed E-state index contributed by atoms with van der Waals surface area (Å²) in [7, 11) is 0. The minimum atomic E-state index is -0.765. The van der Waals surface area contributed by atoms with Gasteiger partial charge in [0, 0.05) is 19.8 Å². The first-order valence-electron chi connectivity index (χ1n) is 10.9. The second-order valence-corrected chi connectivity index (χ2v) is 9.91. The average Bonchev–Trinajstić information content (AvgIpc) is 3.38. The SMILES string of the molecule is CCCCc1ccc(C#Cc2cc3sc(-c4cc(F)c(/C=N/O)c(F)c4)cc3s2)c(CC)c1. The number of fused-ring (bicyclic) bond motifs is 1. The number of thiophene rings is 2. The number of benzene rings is 2. The maximum absolute atomic E-state index is 14.2. The number of hydrogen-bond donors (Lipinski definition) is 1. The van der Waals surface area contributed by atoms with Crippen LogP contribution in [-0.2, 0) is 12.8 Å². The van der Waals surface area contributed by atoms with Gasteiger partial charge in [-0.1, -0.05) is 49.4 Å². The van der Waals surface area contributed by atoms with Crippen LogP contribution in [0.1, 0.15) is 53.8 Å². The molecular formula is C27H23F2NOS2. The summed E-state index contributed by atoms with van der Waals surface area (Å²) in [4.78, 5) is 1.74. The predicted molar refractivity (Wildman–Crippen MR) is 135 cm³/mol. The Morgan fingerprint density at radius 1 is 0.970 bits per heavy atom. The van der Waals surface area contributed by atoms with Gasteiger partial charge >= 0.3 is 0 Å². The first-order chi connectivity index (χ1) is 16.0. The maximum atomic E-state index is 14.2. The summed E-state index contributed by atoms with van der Waals surface area (Å²) in [5, 5.41) is 11.3. The highest BCUT2D eigenvalue weighted by Crippen LogP contribution is 2.38. The van der Waals surface area contributed by atoms with Crippen LogP contribution in [0, 0.1) is 23.5 Å². The van der Waals surface area contributed by atoms with Gasteiger partial charge in [-0.3, -0.25) is 0 Å². The van der Waals surface area contributed by atoms with Crippen LogP contribution >= 0.6 is 22.7 Å². The number of nitrogens with zero attached hydrogens (tertiary/aromatic N) is 1. The van der Waals surface area contributed by atoms with Crippen molar-refractivity contribution in [2.75, 3.05) is 0 Å². The van der Waals surface area contributed by atoms with E-state index in [1.807, 2.05) is 12.1 Å². The van der Waals surface area contributed by atoms with E-state index in [9.17, 15) is 8.78 Å². The molecule has 0 atom stereocenters. The molecule has 0 radical (unpaired) electrons. The summed E-state index contributed by atoms with van der Waals surface area (Å²) < 4.78 is 30.4. The summed E-state index contributed by atoms with van der Waals surface area (Å²) in [5.74, 6) is 5.09. The monoisotopic (exact) mass is 479 g/mol. The topological polar surface area (TPSA) is 32.6 Å². The summed E-state index contributed by atoms with van der Waals surface area (Å²) in [6.07, 6.45) is 5.20. The van der Waals surface area contributed by atoms with Crippen molar-refractivity contribution in [1.82, 2.24) is 0 Å². The molecule has 6 heteroatoms. The average molecular weight is 480 g/mol. The van der Waals surface area contributed by atoms with E-state index in [1.54, 1.807) is 11.3 Å². The number of halogens is 2. The van der Waals surface area contributed by atoms with Gasteiger partial charge in [0.2, 0.25) is 0 Å². The lowest BCUT2D eigenvalue weighted by atomic mass is 9.99. The fourth-order valence-corrected chi connectivity index (χ4v) is 5.91. The molecule has 2 heterocycles. The van der Waals surface area contributed by atoms with E-state index in [1.165, 1.54) is 47.4 Å². The molecule has 2 nitrogen and oxygen atoms in total. The first kappa shape index (κ1) is 23.2. The quantitative estimate of drug-likeness (QED) is 0.129. The van der Waals surface area contributed by atoms with E-state index in [0.29, 0.717) is 5.56 Å². The molecule has 0 aliphatic rings. The van der Waals surface area contributed by atoms with Crippen LogP contribution in [0.3, 0.4) is 0 Å². The van der Waals surface area contributed by atoms with Crippen molar-refractivity contribution in [3.8, 4) is 22.3 Å². The Kier molecular flexibility index (Phi) is 7.22. The molecule has 4 aromatic rings. The third-order valence-corrected chi connectivity index (χ3v) is 7.71. The van der Waals surface area contributed by atoms with E-state index in [4.69, 9.17) is 5.21 Å². The number of oxime groups is 1. The van der Waals surface area contributed by atoms with Gasteiger partial charge in [0.25, 0.3) is 0 Å². The van der Waals surface area contributed by atoms with E-state index in [0.717, 1.165) is 43.8 Å². The summed E-state index contributed by atoms with van der Waals surface area (Å²) in [6, 6.07) is 13.0. The lowest BCUT2D eigenvalue weighted by molar-refractivity contribution is 0.321. The van der Waals surface area contributed by atoms with Crippen molar-refractivity contribution in [2.45, 2.75) is 39.5 Å². The highest BCUT2D eigenvalue weighted by molar-refractivity contribution is 7.29. The molecule has 0 saturated carbocycles. The van der Waals surface area contributed by atoms with Gasteiger partial charge in [-0.2, -0.15) is 0 Å². The molecule has 0 fully saturated rings. The van der Waals surface area contributed by atoms with Gasteiger partial charge in [-0.25, -0.2) is 8.78 Å². The van der Waals surface area contributed by atoms with Crippen LogP contribution < -0.4 is 0 Å². The highest BCUT2D eigenvalue weighted by Gasteiger charge is 2.14. The van der Waals surface area contributed by atoms with E-state index < -0.39 is 11.6 Å². The Morgan fingerprint density at radius 2 is 1.73 bits per heavy atom. The Labute approximate surface area is 200 Å². The molecule has 0 amide bonds. The smallest absolute Gasteiger partial charge is 0.135 e. The lowest BCUT2D eigenvalue weighted by Crippen LogP contribution is -1.95. The summed E-state index contributed by atoms with van der Waals surface area (Å²) in [6.45, 7) is 4.36. The number of hydrogen-bond acceptors (Lipinski definition) is 4.